The van der Waals surface area contributed by atoms with E-state index in [2.05, 4.69) is 13.1 Å². The van der Waals surface area contributed by atoms with E-state index in [9.17, 15) is 9.90 Å². The zero-order valence-electron chi connectivity index (χ0n) is 16.5. The lowest BCUT2D eigenvalue weighted by Crippen LogP contribution is -3.00. The number of rotatable bonds is 3. The van der Waals surface area contributed by atoms with E-state index in [1.54, 1.807) is 7.11 Å². The fourth-order valence-electron chi connectivity index (χ4n) is 7.09. The van der Waals surface area contributed by atoms with Crippen LogP contribution in [0.3, 0.4) is 0 Å². The predicted octanol–water partition coefficient (Wildman–Crippen LogP) is -1.02. The lowest BCUT2D eigenvalue weighted by Gasteiger charge is -2.64. The molecule has 28 heavy (non-hydrogen) atoms. The van der Waals surface area contributed by atoms with Crippen molar-refractivity contribution in [2.24, 2.45) is 5.92 Å². The highest BCUT2D eigenvalue weighted by Crippen LogP contribution is 2.66. The number of hydrogen-bond donors (Lipinski definition) is 1. The fraction of sp³-hybridized carbons (Fsp3) is 0.682. The highest BCUT2D eigenvalue weighted by molar-refractivity contribution is 5.90. The Bertz CT molecular complexity index is 870. The lowest BCUT2D eigenvalue weighted by atomic mass is 9.48. The number of carbonyl (C=O) groups excluding carboxylic acids is 1. The molecule has 1 saturated heterocycles. The smallest absolute Gasteiger partial charge is 0.174 e. The Balaban J connectivity index is 0.00000171. The van der Waals surface area contributed by atoms with E-state index in [0.29, 0.717) is 24.3 Å². The zero-order chi connectivity index (χ0) is 18.6. The number of ketones is 1. The molecule has 1 aromatic rings. The minimum absolute atomic E-state index is 0. The number of likely N-dealkylation sites (tertiary alicyclic amines) is 1. The fourth-order valence-corrected chi connectivity index (χ4v) is 7.09. The Kier molecular flexibility index (Phi) is 3.87. The number of quaternary nitrogens is 1. The first-order valence-electron chi connectivity index (χ1n) is 10.4. The Morgan fingerprint density at radius 3 is 2.82 bits per heavy atom. The number of aliphatic hydroxyl groups is 1. The van der Waals surface area contributed by atoms with Crippen LogP contribution in [0.4, 0.5) is 0 Å². The summed E-state index contributed by atoms with van der Waals surface area (Å²) in [4.78, 5) is 12.9. The van der Waals surface area contributed by atoms with Crippen LogP contribution >= 0.6 is 0 Å². The van der Waals surface area contributed by atoms with Crippen LogP contribution < -0.4 is 26.5 Å². The van der Waals surface area contributed by atoms with E-state index in [-0.39, 0.29) is 28.8 Å². The summed E-state index contributed by atoms with van der Waals surface area (Å²) in [6, 6.07) is 4.25. The van der Waals surface area contributed by atoms with Crippen molar-refractivity contribution in [2.75, 3.05) is 27.2 Å². The third kappa shape index (κ3) is 2.02. The number of methoxy groups -OCH3 is 1. The Morgan fingerprint density at radius 1 is 1.32 bits per heavy atom. The molecule has 2 bridgehead atoms. The summed E-state index contributed by atoms with van der Waals surface area (Å²) in [5, 5.41) is 12.3. The summed E-state index contributed by atoms with van der Waals surface area (Å²) in [6.07, 6.45) is 4.74. The van der Waals surface area contributed by atoms with Crippen molar-refractivity contribution in [3.8, 4) is 11.5 Å². The summed E-state index contributed by atoms with van der Waals surface area (Å²) in [5.74, 6) is 2.35. The number of nitrogens with zero attached hydrogens (tertiary/aromatic N) is 1. The number of ether oxygens (including phenoxy) is 2. The average molecular weight is 450 g/mol. The van der Waals surface area contributed by atoms with E-state index in [4.69, 9.17) is 9.47 Å². The SMILES string of the molecule is COc1ccc2c3c1OC1C(=O)CC[C@@]4(O)C(C2)[N+](C)(CC2CC2)CC[C@]314.[Br-]. The molecule has 152 valence electrons. The summed E-state index contributed by atoms with van der Waals surface area (Å²) in [7, 11) is 3.98. The van der Waals surface area contributed by atoms with Crippen LogP contribution in [-0.2, 0) is 16.6 Å². The molecular formula is C22H28BrNO4. The van der Waals surface area contributed by atoms with Gasteiger partial charge < -0.3 is 36.0 Å². The molecule has 5 aliphatic rings. The maximum atomic E-state index is 12.9. The first kappa shape index (κ1) is 18.9. The van der Waals surface area contributed by atoms with Crippen LogP contribution in [0.1, 0.15) is 43.2 Å². The second kappa shape index (κ2) is 5.73. The van der Waals surface area contributed by atoms with Crippen LogP contribution in [0.25, 0.3) is 0 Å². The van der Waals surface area contributed by atoms with Crippen molar-refractivity contribution in [2.45, 2.75) is 61.7 Å². The molecule has 2 saturated carbocycles. The van der Waals surface area contributed by atoms with Gasteiger partial charge in [0, 0.05) is 30.7 Å². The number of Topliss-reactive ketones (excluding diaryl/α,β-unsaturated/α-hetero) is 1. The molecule has 1 spiro atoms. The van der Waals surface area contributed by atoms with Gasteiger partial charge in [-0.25, -0.2) is 0 Å². The number of likely N-dealkylation sites (N-methyl/N-ethyl adjacent to an activating group) is 1. The van der Waals surface area contributed by atoms with Gasteiger partial charge in [-0.05, 0) is 30.9 Å². The molecule has 0 radical (unpaired) electrons. The molecule has 2 aliphatic heterocycles. The number of piperidine rings is 1. The summed E-state index contributed by atoms with van der Waals surface area (Å²) >= 11 is 0. The van der Waals surface area contributed by atoms with Gasteiger partial charge in [-0.15, -0.1) is 0 Å². The number of hydrogen-bond acceptors (Lipinski definition) is 4. The first-order valence-corrected chi connectivity index (χ1v) is 10.4. The second-order valence-electron chi connectivity index (χ2n) is 9.79. The van der Waals surface area contributed by atoms with Crippen LogP contribution in [0.15, 0.2) is 12.1 Å². The van der Waals surface area contributed by atoms with E-state index in [0.717, 1.165) is 41.9 Å². The van der Waals surface area contributed by atoms with Gasteiger partial charge in [0.15, 0.2) is 23.4 Å². The molecule has 1 N–H and O–H groups in total. The minimum atomic E-state index is -0.877. The first-order chi connectivity index (χ1) is 12.9. The zero-order valence-corrected chi connectivity index (χ0v) is 18.1. The van der Waals surface area contributed by atoms with E-state index >= 15 is 0 Å². The molecule has 5 atom stereocenters. The molecule has 3 unspecified atom stereocenters. The maximum absolute atomic E-state index is 12.9. The van der Waals surface area contributed by atoms with Gasteiger partial charge in [0.2, 0.25) is 0 Å². The van der Waals surface area contributed by atoms with E-state index < -0.39 is 17.1 Å². The molecule has 0 amide bonds. The Labute approximate surface area is 176 Å². The molecule has 5 nitrogen and oxygen atoms in total. The number of carbonyl (C=O) groups is 1. The molecular weight excluding hydrogens is 422 g/mol. The topological polar surface area (TPSA) is 55.8 Å². The highest BCUT2D eigenvalue weighted by Gasteiger charge is 2.76. The second-order valence-corrected chi connectivity index (χ2v) is 9.79. The third-order valence-electron chi connectivity index (χ3n) is 8.48. The third-order valence-corrected chi connectivity index (χ3v) is 8.48. The molecule has 3 aliphatic carbocycles. The molecule has 1 aromatic carbocycles. The van der Waals surface area contributed by atoms with Gasteiger partial charge in [0.1, 0.15) is 11.6 Å². The lowest BCUT2D eigenvalue weighted by molar-refractivity contribution is -0.950. The molecule has 2 heterocycles. The van der Waals surface area contributed by atoms with Crippen LogP contribution in [-0.4, -0.2) is 60.4 Å². The number of halogens is 1. The van der Waals surface area contributed by atoms with Gasteiger partial charge in [-0.1, -0.05) is 6.07 Å². The van der Waals surface area contributed by atoms with Crippen molar-refractivity contribution < 1.29 is 40.8 Å². The monoisotopic (exact) mass is 449 g/mol. The largest absolute Gasteiger partial charge is 1.00 e. The van der Waals surface area contributed by atoms with Crippen molar-refractivity contribution in [3.05, 3.63) is 23.3 Å². The molecule has 0 aromatic heterocycles. The van der Waals surface area contributed by atoms with Crippen LogP contribution in [0.5, 0.6) is 11.5 Å². The van der Waals surface area contributed by atoms with Crippen LogP contribution in [0, 0.1) is 5.92 Å². The Morgan fingerprint density at radius 2 is 2.11 bits per heavy atom. The van der Waals surface area contributed by atoms with Gasteiger partial charge >= 0.3 is 0 Å². The van der Waals surface area contributed by atoms with Crippen molar-refractivity contribution in [3.63, 3.8) is 0 Å². The van der Waals surface area contributed by atoms with Crippen LogP contribution in [0.2, 0.25) is 0 Å². The van der Waals surface area contributed by atoms with Gasteiger partial charge in [-0.3, -0.25) is 4.79 Å². The molecule has 6 heteroatoms. The summed E-state index contributed by atoms with van der Waals surface area (Å²) in [5.41, 5.74) is 0.859. The Hall–Kier alpha value is -1.11. The van der Waals surface area contributed by atoms with Gasteiger partial charge in [0.05, 0.1) is 32.7 Å². The van der Waals surface area contributed by atoms with E-state index in [1.807, 2.05) is 6.07 Å². The normalized spacial score (nSPS) is 42.3. The van der Waals surface area contributed by atoms with Crippen molar-refractivity contribution in [1.29, 1.82) is 0 Å². The minimum Gasteiger partial charge on any atom is -1.00 e. The molecule has 6 rings (SSSR count). The highest BCUT2D eigenvalue weighted by atomic mass is 79.9. The number of benzene rings is 1. The van der Waals surface area contributed by atoms with Crippen molar-refractivity contribution in [1.82, 2.24) is 0 Å². The van der Waals surface area contributed by atoms with Gasteiger partial charge in [-0.2, -0.15) is 0 Å². The summed E-state index contributed by atoms with van der Waals surface area (Å²) in [6.45, 7) is 2.16. The standard InChI is InChI=1S/C22H28NO4.BrH/c1-23(12-13-3-4-13)10-9-21-18-14-5-6-16(26-2)19(18)27-20(21)15(24)7-8-22(21,25)17(23)11-14;/h5-6,13,17,20,25H,3-4,7-12H2,1-2H3;1H/q+1;/p-1/t17?,20?,21-,22+,23?;/m0./s1. The quantitative estimate of drug-likeness (QED) is 0.600. The van der Waals surface area contributed by atoms with Crippen molar-refractivity contribution >= 4 is 5.78 Å². The summed E-state index contributed by atoms with van der Waals surface area (Å²) < 4.78 is 12.8. The van der Waals surface area contributed by atoms with E-state index in [1.165, 1.54) is 18.4 Å². The van der Waals surface area contributed by atoms with Gasteiger partial charge in [0.25, 0.3) is 0 Å². The maximum Gasteiger partial charge on any atom is 0.174 e. The molecule has 3 fully saturated rings. The average Bonchev–Trinajstić information content (AvgIpc) is 3.37. The predicted molar refractivity (Wildman–Crippen MR) is 99.0 cm³/mol.